The zero-order valence-corrected chi connectivity index (χ0v) is 43.1. The van der Waals surface area contributed by atoms with Gasteiger partial charge in [-0.2, -0.15) is 0 Å². The topological polar surface area (TPSA) is 127 Å². The molecule has 1 N–H and O–H groups in total. The maximum atomic E-state index is 14.3. The van der Waals surface area contributed by atoms with Crippen LogP contribution in [0.4, 0.5) is 0 Å². The molecule has 0 heterocycles. The minimum atomic E-state index is -3.86. The average Bonchev–Trinajstić information content (AvgIpc) is 3.19. The van der Waals surface area contributed by atoms with E-state index >= 15 is 0 Å². The van der Waals surface area contributed by atoms with Crippen LogP contribution < -0.4 is 0 Å². The van der Waals surface area contributed by atoms with Crippen LogP contribution in [0.15, 0.2) is 0 Å². The zero-order valence-electron chi connectivity index (χ0n) is 38.0. The Morgan fingerprint density at radius 1 is 0.439 bits per heavy atom. The van der Waals surface area contributed by atoms with E-state index in [2.05, 4.69) is 55.4 Å². The third kappa shape index (κ3) is 29.5. The standard InChI is InChI=1S/C41H87O10P3S3/c1-12-20-24-38(16-5)28-46-52(43,47-29-39(17-6)25-21-13-2)56-33-36(10)50-54(45,55-32-35(9)42)51-37(11)34-57-53(44,48-30-40(18-7)26-22-14-3)49-31-41(19-8)27-23-15-4/h35-42H,12-34H2,1-11H3. The van der Waals surface area contributed by atoms with Crippen molar-refractivity contribution in [3.05, 3.63) is 0 Å². The molecule has 0 fully saturated rings. The summed E-state index contributed by atoms with van der Waals surface area (Å²) in [5.74, 6) is 1.69. The molecular formula is C41H87O10P3S3. The molecule has 0 aliphatic heterocycles. The Morgan fingerprint density at radius 3 is 0.930 bits per heavy atom. The molecule has 57 heavy (non-hydrogen) atoms. The molecular weight excluding hydrogens is 842 g/mol. The molecule has 0 aromatic heterocycles. The fourth-order valence-corrected chi connectivity index (χ4v) is 16.9. The van der Waals surface area contributed by atoms with Crippen molar-refractivity contribution in [3.8, 4) is 0 Å². The normalized spacial score (nSPS) is 19.2. The van der Waals surface area contributed by atoms with Gasteiger partial charge >= 0.3 is 20.4 Å². The van der Waals surface area contributed by atoms with E-state index in [0.29, 0.717) is 26.4 Å². The largest absolute Gasteiger partial charge is 0.393 e. The quantitative estimate of drug-likeness (QED) is 0.0585. The average molecular weight is 929 g/mol. The lowest BCUT2D eigenvalue weighted by atomic mass is 10.0. The first kappa shape index (κ1) is 58.5. The molecule has 0 radical (unpaired) electrons. The van der Waals surface area contributed by atoms with Gasteiger partial charge in [-0.25, -0.2) is 13.7 Å². The lowest BCUT2D eigenvalue weighted by Gasteiger charge is -2.27. The summed E-state index contributed by atoms with van der Waals surface area (Å²) in [5.41, 5.74) is 0. The van der Waals surface area contributed by atoms with Crippen LogP contribution in [-0.2, 0) is 40.8 Å². The summed E-state index contributed by atoms with van der Waals surface area (Å²) >= 11 is 3.11. The van der Waals surface area contributed by atoms with E-state index in [4.69, 9.17) is 27.1 Å². The van der Waals surface area contributed by atoms with E-state index in [1.165, 1.54) is 0 Å². The Bertz CT molecular complexity index is 986. The van der Waals surface area contributed by atoms with Crippen molar-refractivity contribution in [2.24, 2.45) is 23.7 Å². The Hall–Kier alpha value is 1.46. The van der Waals surface area contributed by atoms with E-state index in [1.54, 1.807) is 20.8 Å². The summed E-state index contributed by atoms with van der Waals surface area (Å²) in [7, 11) is 0. The molecule has 344 valence electrons. The number of unbranched alkanes of at least 4 members (excludes halogenated alkanes) is 4. The maximum Gasteiger partial charge on any atom is 0.389 e. The van der Waals surface area contributed by atoms with Crippen LogP contribution in [0.3, 0.4) is 0 Å². The third-order valence-corrected chi connectivity index (χ3v) is 22.0. The lowest BCUT2D eigenvalue weighted by Crippen LogP contribution is -2.17. The molecule has 7 unspecified atom stereocenters. The highest BCUT2D eigenvalue weighted by atomic mass is 32.7. The molecule has 0 spiro atoms. The van der Waals surface area contributed by atoms with E-state index in [1.807, 2.05) is 0 Å². The second kappa shape index (κ2) is 34.9. The highest BCUT2D eigenvalue weighted by molar-refractivity contribution is 8.56. The van der Waals surface area contributed by atoms with Crippen LogP contribution in [0.1, 0.15) is 179 Å². The highest BCUT2D eigenvalue weighted by Crippen LogP contribution is 2.66. The molecule has 0 amide bonds. The smallest absolute Gasteiger partial charge is 0.389 e. The van der Waals surface area contributed by atoms with Crippen molar-refractivity contribution >= 4 is 54.5 Å². The summed E-state index contributed by atoms with van der Waals surface area (Å²) in [6, 6.07) is 0. The second-order valence-corrected chi connectivity index (χ2v) is 28.0. The van der Waals surface area contributed by atoms with Gasteiger partial charge < -0.3 is 23.2 Å². The first-order valence-electron chi connectivity index (χ1n) is 22.5. The predicted molar refractivity (Wildman–Crippen MR) is 250 cm³/mol. The fraction of sp³-hybridized carbons (Fsp3) is 1.00. The Balaban J connectivity index is 5.94. The van der Waals surface area contributed by atoms with E-state index in [9.17, 15) is 18.8 Å². The Labute approximate surface area is 363 Å². The lowest BCUT2D eigenvalue weighted by molar-refractivity contribution is 0.155. The molecule has 0 aliphatic carbocycles. The molecule has 0 saturated carbocycles. The van der Waals surface area contributed by atoms with E-state index in [-0.39, 0.29) is 40.9 Å². The van der Waals surface area contributed by atoms with Crippen molar-refractivity contribution in [2.75, 3.05) is 43.7 Å². The first-order chi connectivity index (χ1) is 27.1. The Morgan fingerprint density at radius 2 is 0.702 bits per heavy atom. The second-order valence-electron chi connectivity index (χ2n) is 15.8. The van der Waals surface area contributed by atoms with Crippen LogP contribution in [0.2, 0.25) is 0 Å². The van der Waals surface area contributed by atoms with Crippen molar-refractivity contribution in [1.82, 2.24) is 0 Å². The number of hydrogen-bond acceptors (Lipinski definition) is 13. The Kier molecular flexibility index (Phi) is 35.8. The van der Waals surface area contributed by atoms with Crippen molar-refractivity contribution in [1.29, 1.82) is 0 Å². The van der Waals surface area contributed by atoms with Gasteiger partial charge in [-0.3, -0.25) is 9.05 Å². The monoisotopic (exact) mass is 928 g/mol. The molecule has 16 heteroatoms. The van der Waals surface area contributed by atoms with Gasteiger partial charge in [0.2, 0.25) is 0 Å². The van der Waals surface area contributed by atoms with Gasteiger partial charge in [0.05, 0.1) is 44.7 Å². The van der Waals surface area contributed by atoms with Crippen LogP contribution in [0, 0.1) is 23.7 Å². The maximum absolute atomic E-state index is 14.3. The summed E-state index contributed by atoms with van der Waals surface area (Å²) in [4.78, 5) is 0. The van der Waals surface area contributed by atoms with Crippen molar-refractivity contribution < 1.29 is 45.9 Å². The summed E-state index contributed by atoms with van der Waals surface area (Å²) in [6.07, 6.45) is 14.4. The van der Waals surface area contributed by atoms with Gasteiger partial charge in [0.25, 0.3) is 0 Å². The van der Waals surface area contributed by atoms with Crippen molar-refractivity contribution in [2.45, 2.75) is 197 Å². The third-order valence-electron chi connectivity index (χ3n) is 10.1. The summed E-state index contributed by atoms with van der Waals surface area (Å²) in [6.45, 7) is 12.8. The molecule has 0 saturated heterocycles. The van der Waals surface area contributed by atoms with Gasteiger partial charge in [0, 0.05) is 17.3 Å². The minimum Gasteiger partial charge on any atom is -0.393 e. The fourth-order valence-electron chi connectivity index (χ4n) is 5.78. The molecule has 0 bridgehead atoms. The minimum absolute atomic E-state index is 0.130. The van der Waals surface area contributed by atoms with Gasteiger partial charge in [0.15, 0.2) is 0 Å². The van der Waals surface area contributed by atoms with Crippen LogP contribution >= 0.6 is 54.5 Å². The SMILES string of the molecule is CCCCC(CC)COP(=O)(OCC(CC)CCCC)SCC(C)OP(=O)(OC(C)CSP(=O)(OCC(CC)CCCC)OCC(CC)CCCC)SCC(C)O. The van der Waals surface area contributed by atoms with Crippen molar-refractivity contribution in [3.63, 3.8) is 0 Å². The van der Waals surface area contributed by atoms with Crippen LogP contribution in [0.5, 0.6) is 0 Å². The molecule has 7 atom stereocenters. The van der Waals surface area contributed by atoms with E-state index < -0.39 is 38.7 Å². The molecule has 10 nitrogen and oxygen atoms in total. The van der Waals surface area contributed by atoms with Crippen LogP contribution in [-0.4, -0.2) is 67.1 Å². The molecule has 0 aromatic rings. The van der Waals surface area contributed by atoms with Gasteiger partial charge in [0.1, 0.15) is 0 Å². The molecule has 0 rings (SSSR count). The number of aliphatic hydroxyl groups excluding tert-OH is 1. The summed E-state index contributed by atoms with van der Waals surface area (Å²) < 4.78 is 79.7. The van der Waals surface area contributed by atoms with Gasteiger partial charge in [-0.05, 0) is 104 Å². The predicted octanol–water partition coefficient (Wildman–Crippen LogP) is 15.6. The van der Waals surface area contributed by atoms with Gasteiger partial charge in [-0.15, -0.1) is 0 Å². The molecule has 0 aliphatic rings. The number of hydrogen-bond donors (Lipinski definition) is 1. The number of rotatable bonds is 41. The van der Waals surface area contributed by atoms with E-state index in [0.717, 1.165) is 137 Å². The highest BCUT2D eigenvalue weighted by Gasteiger charge is 2.36. The van der Waals surface area contributed by atoms with Crippen LogP contribution in [0.25, 0.3) is 0 Å². The number of aliphatic hydroxyl groups is 1. The first-order valence-corrected chi connectivity index (χ1v) is 31.9. The zero-order chi connectivity index (χ0) is 43.2. The summed E-state index contributed by atoms with van der Waals surface area (Å²) in [5, 5.41) is 10.1. The van der Waals surface area contributed by atoms with Gasteiger partial charge in [-0.1, -0.05) is 132 Å². The molecule has 0 aromatic carbocycles.